The topological polar surface area (TPSA) is 107 Å². The molecule has 0 radical (unpaired) electrons. The highest BCUT2D eigenvalue weighted by Gasteiger charge is 2.18. The summed E-state index contributed by atoms with van der Waals surface area (Å²) in [6.07, 6.45) is 11.9. The number of aliphatic hydroxyl groups excluding tert-OH is 1. The summed E-state index contributed by atoms with van der Waals surface area (Å²) in [5.41, 5.74) is 0. The molecule has 0 spiro atoms. The van der Waals surface area contributed by atoms with Gasteiger partial charge in [-0.05, 0) is 25.8 Å². The lowest BCUT2D eigenvalue weighted by Gasteiger charge is -2.15. The Morgan fingerprint density at radius 1 is 0.840 bits per heavy atom. The predicted octanol–water partition coefficient (Wildman–Crippen LogP) is 3.57. The average molecular weight is 360 g/mol. The Kier molecular flexibility index (Phi) is 15.6. The van der Waals surface area contributed by atoms with Gasteiger partial charge in [0.25, 0.3) is 0 Å². The molecule has 2 atom stereocenters. The molecule has 4 N–H and O–H groups in total. The Labute approximate surface area is 152 Å². The van der Waals surface area contributed by atoms with E-state index in [1.807, 2.05) is 0 Å². The molecule has 0 saturated carbocycles. The number of hydrogen-bond acceptors (Lipinski definition) is 4. The molecule has 1 unspecified atom stereocenters. The number of carboxylic acids is 2. The van der Waals surface area contributed by atoms with Gasteiger partial charge in [0.05, 0.1) is 6.10 Å². The molecule has 0 aliphatic carbocycles. The molecule has 0 aromatic carbocycles. The molecular formula is C19H37NO5. The van der Waals surface area contributed by atoms with Crippen LogP contribution in [0.15, 0.2) is 0 Å². The molecule has 0 aliphatic rings. The van der Waals surface area contributed by atoms with Crippen LogP contribution in [0.2, 0.25) is 0 Å². The average Bonchev–Trinajstić information content (AvgIpc) is 2.55. The minimum Gasteiger partial charge on any atom is -0.481 e. The number of unbranched alkanes of at least 4 members (excludes halogenated alkanes) is 8. The van der Waals surface area contributed by atoms with E-state index in [-0.39, 0.29) is 12.8 Å². The van der Waals surface area contributed by atoms with Crippen molar-refractivity contribution in [1.82, 2.24) is 5.32 Å². The Morgan fingerprint density at radius 3 is 1.92 bits per heavy atom. The third kappa shape index (κ3) is 16.1. The maximum absolute atomic E-state index is 11.0. The van der Waals surface area contributed by atoms with Gasteiger partial charge in [0.15, 0.2) is 0 Å². The zero-order valence-electron chi connectivity index (χ0n) is 15.7. The maximum Gasteiger partial charge on any atom is 0.320 e. The highest BCUT2D eigenvalue weighted by atomic mass is 16.4. The molecule has 0 amide bonds. The maximum atomic E-state index is 11.0. The standard InChI is InChI=1S/C19H37NO5/c1-2-3-4-5-6-7-8-9-10-11-16(21)14-15-20-17(19(24)25)12-13-18(22)23/h16-17,20-21H,2-15H2,1H3,(H,22,23)(H,24,25)/t16?,17-/m0/s1. The van der Waals surface area contributed by atoms with Gasteiger partial charge in [-0.2, -0.15) is 0 Å². The highest BCUT2D eigenvalue weighted by Crippen LogP contribution is 2.12. The van der Waals surface area contributed by atoms with Gasteiger partial charge in [0, 0.05) is 6.42 Å². The predicted molar refractivity (Wildman–Crippen MR) is 98.8 cm³/mol. The second-order valence-electron chi connectivity index (χ2n) is 6.84. The molecule has 0 saturated heterocycles. The summed E-state index contributed by atoms with van der Waals surface area (Å²) in [7, 11) is 0. The fourth-order valence-electron chi connectivity index (χ4n) is 2.84. The summed E-state index contributed by atoms with van der Waals surface area (Å²) in [5, 5.41) is 30.4. The first-order valence-electron chi connectivity index (χ1n) is 9.83. The van der Waals surface area contributed by atoms with E-state index >= 15 is 0 Å². The second-order valence-corrected chi connectivity index (χ2v) is 6.84. The third-order valence-electron chi connectivity index (χ3n) is 4.45. The van der Waals surface area contributed by atoms with Crippen LogP contribution in [0.3, 0.4) is 0 Å². The number of carbonyl (C=O) groups is 2. The molecule has 0 aliphatic heterocycles. The zero-order chi connectivity index (χ0) is 18.9. The van der Waals surface area contributed by atoms with Crippen molar-refractivity contribution in [2.75, 3.05) is 6.54 Å². The molecular weight excluding hydrogens is 322 g/mol. The second kappa shape index (κ2) is 16.3. The van der Waals surface area contributed by atoms with Crippen LogP contribution in [0.5, 0.6) is 0 Å². The monoisotopic (exact) mass is 359 g/mol. The van der Waals surface area contributed by atoms with E-state index in [9.17, 15) is 14.7 Å². The first-order chi connectivity index (χ1) is 12.0. The fourth-order valence-corrected chi connectivity index (χ4v) is 2.84. The third-order valence-corrected chi connectivity index (χ3v) is 4.45. The van der Waals surface area contributed by atoms with Gasteiger partial charge in [-0.25, -0.2) is 0 Å². The van der Waals surface area contributed by atoms with Gasteiger partial charge in [0.2, 0.25) is 0 Å². The van der Waals surface area contributed by atoms with E-state index < -0.39 is 24.1 Å². The Bertz CT molecular complexity index is 349. The van der Waals surface area contributed by atoms with Crippen LogP contribution in [-0.4, -0.2) is 45.9 Å². The van der Waals surface area contributed by atoms with Crippen molar-refractivity contribution < 1.29 is 24.9 Å². The van der Waals surface area contributed by atoms with Crippen molar-refractivity contribution in [3.63, 3.8) is 0 Å². The molecule has 6 nitrogen and oxygen atoms in total. The van der Waals surface area contributed by atoms with Crippen LogP contribution < -0.4 is 5.32 Å². The van der Waals surface area contributed by atoms with E-state index in [1.54, 1.807) is 0 Å². The van der Waals surface area contributed by atoms with E-state index in [1.165, 1.54) is 44.9 Å². The van der Waals surface area contributed by atoms with Crippen molar-refractivity contribution in [3.8, 4) is 0 Å². The molecule has 0 bridgehead atoms. The van der Waals surface area contributed by atoms with Crippen molar-refractivity contribution in [2.45, 2.75) is 103 Å². The van der Waals surface area contributed by atoms with Crippen molar-refractivity contribution in [3.05, 3.63) is 0 Å². The molecule has 0 heterocycles. The smallest absolute Gasteiger partial charge is 0.320 e. The van der Waals surface area contributed by atoms with Gasteiger partial charge >= 0.3 is 11.9 Å². The van der Waals surface area contributed by atoms with Crippen LogP contribution >= 0.6 is 0 Å². The minimum atomic E-state index is -1.05. The largest absolute Gasteiger partial charge is 0.481 e. The summed E-state index contributed by atoms with van der Waals surface area (Å²) in [5.74, 6) is -2.05. The number of nitrogens with one attached hydrogen (secondary N) is 1. The van der Waals surface area contributed by atoms with Crippen LogP contribution in [0.1, 0.15) is 90.4 Å². The van der Waals surface area contributed by atoms with Crippen LogP contribution in [0.4, 0.5) is 0 Å². The number of rotatable bonds is 18. The van der Waals surface area contributed by atoms with E-state index in [0.717, 1.165) is 19.3 Å². The Hall–Kier alpha value is -1.14. The van der Waals surface area contributed by atoms with Gasteiger partial charge < -0.3 is 20.6 Å². The molecule has 0 fully saturated rings. The molecule has 148 valence electrons. The Balaban J connectivity index is 3.57. The van der Waals surface area contributed by atoms with E-state index in [0.29, 0.717) is 13.0 Å². The van der Waals surface area contributed by atoms with E-state index in [4.69, 9.17) is 10.2 Å². The fraction of sp³-hybridized carbons (Fsp3) is 0.895. The highest BCUT2D eigenvalue weighted by molar-refractivity contribution is 5.75. The van der Waals surface area contributed by atoms with Gasteiger partial charge in [-0.3, -0.25) is 9.59 Å². The SMILES string of the molecule is CCCCCCCCCCCC(O)CCN[C@@H](CCC(=O)O)C(=O)O. The lowest BCUT2D eigenvalue weighted by atomic mass is 10.0. The van der Waals surface area contributed by atoms with Gasteiger partial charge in [-0.1, -0.05) is 64.7 Å². The molecule has 0 aromatic heterocycles. The molecule has 6 heteroatoms. The lowest BCUT2D eigenvalue weighted by molar-refractivity contribution is -0.140. The van der Waals surface area contributed by atoms with Crippen LogP contribution in [-0.2, 0) is 9.59 Å². The van der Waals surface area contributed by atoms with Crippen LogP contribution in [0.25, 0.3) is 0 Å². The Morgan fingerprint density at radius 2 is 1.40 bits per heavy atom. The summed E-state index contributed by atoms with van der Waals surface area (Å²) >= 11 is 0. The van der Waals surface area contributed by atoms with Crippen molar-refractivity contribution in [2.24, 2.45) is 0 Å². The summed E-state index contributed by atoms with van der Waals surface area (Å²) in [6, 6.07) is -0.865. The summed E-state index contributed by atoms with van der Waals surface area (Å²) < 4.78 is 0. The summed E-state index contributed by atoms with van der Waals surface area (Å²) in [6.45, 7) is 2.61. The first kappa shape index (κ1) is 23.9. The molecule has 0 rings (SSSR count). The van der Waals surface area contributed by atoms with Crippen molar-refractivity contribution in [1.29, 1.82) is 0 Å². The van der Waals surface area contributed by atoms with E-state index in [2.05, 4.69) is 12.2 Å². The first-order valence-corrected chi connectivity index (χ1v) is 9.83. The number of aliphatic carboxylic acids is 2. The number of aliphatic hydroxyl groups is 1. The quantitative estimate of drug-likeness (QED) is 0.279. The molecule has 25 heavy (non-hydrogen) atoms. The zero-order valence-corrected chi connectivity index (χ0v) is 15.7. The van der Waals surface area contributed by atoms with Gasteiger partial charge in [0.1, 0.15) is 6.04 Å². The lowest BCUT2D eigenvalue weighted by Crippen LogP contribution is -2.38. The minimum absolute atomic E-state index is 0.0546. The summed E-state index contributed by atoms with van der Waals surface area (Å²) in [4.78, 5) is 21.5. The number of carboxylic acid groups (broad SMARTS) is 2. The van der Waals surface area contributed by atoms with Crippen LogP contribution in [0, 0.1) is 0 Å². The van der Waals surface area contributed by atoms with Crippen molar-refractivity contribution >= 4 is 11.9 Å². The normalized spacial score (nSPS) is 13.5. The number of hydrogen-bond donors (Lipinski definition) is 4. The van der Waals surface area contributed by atoms with Gasteiger partial charge in [-0.15, -0.1) is 0 Å². The molecule has 0 aromatic rings.